The van der Waals surface area contributed by atoms with E-state index in [1.165, 1.54) is 0 Å². The molecule has 0 aliphatic heterocycles. The van der Waals surface area contributed by atoms with E-state index in [-0.39, 0.29) is 17.2 Å². The average molecular weight is 271 g/mol. The third kappa shape index (κ3) is 2.93. The van der Waals surface area contributed by atoms with Gasteiger partial charge in [0.1, 0.15) is 5.69 Å². The minimum absolute atomic E-state index is 0.183. The number of aromatic nitrogens is 2. The first-order chi connectivity index (χ1) is 9.65. The Labute approximate surface area is 117 Å². The molecule has 0 saturated heterocycles. The van der Waals surface area contributed by atoms with Gasteiger partial charge < -0.3 is 10.3 Å². The van der Waals surface area contributed by atoms with Gasteiger partial charge in [0.15, 0.2) is 0 Å². The standard InChI is InChI=1S/C15H17N3O2/c1-3-12-11(10-6-5-7-16-9-10)8-13(15(20)18-12)17-14(19)4-2/h5-9H,3-4H2,1-2H3,(H,17,19)(H,18,20). The number of hydrogen-bond donors (Lipinski definition) is 2. The molecule has 0 fully saturated rings. The van der Waals surface area contributed by atoms with Crippen molar-refractivity contribution in [2.75, 3.05) is 5.32 Å². The molecule has 0 aliphatic rings. The summed E-state index contributed by atoms with van der Waals surface area (Å²) in [5.74, 6) is -0.183. The highest BCUT2D eigenvalue weighted by Gasteiger charge is 2.11. The molecule has 104 valence electrons. The fourth-order valence-corrected chi connectivity index (χ4v) is 1.96. The summed E-state index contributed by atoms with van der Waals surface area (Å²) in [4.78, 5) is 30.3. The van der Waals surface area contributed by atoms with Crippen molar-refractivity contribution in [3.05, 3.63) is 46.6 Å². The van der Waals surface area contributed by atoms with Crippen molar-refractivity contribution in [3.63, 3.8) is 0 Å². The summed E-state index contributed by atoms with van der Waals surface area (Å²) >= 11 is 0. The molecule has 2 N–H and O–H groups in total. The number of rotatable bonds is 4. The van der Waals surface area contributed by atoms with E-state index in [4.69, 9.17) is 0 Å². The summed E-state index contributed by atoms with van der Waals surface area (Å²) in [5.41, 5.74) is 2.61. The Morgan fingerprint density at radius 2 is 2.20 bits per heavy atom. The van der Waals surface area contributed by atoms with Crippen LogP contribution < -0.4 is 10.9 Å². The Hall–Kier alpha value is -2.43. The van der Waals surface area contributed by atoms with Crippen LogP contribution >= 0.6 is 0 Å². The van der Waals surface area contributed by atoms with Gasteiger partial charge in [-0.15, -0.1) is 0 Å². The monoisotopic (exact) mass is 271 g/mol. The van der Waals surface area contributed by atoms with Crippen molar-refractivity contribution in [2.24, 2.45) is 0 Å². The number of aromatic amines is 1. The number of hydrogen-bond acceptors (Lipinski definition) is 3. The first-order valence-electron chi connectivity index (χ1n) is 6.62. The van der Waals surface area contributed by atoms with Crippen LogP contribution in [-0.2, 0) is 11.2 Å². The number of carbonyl (C=O) groups is 1. The van der Waals surface area contributed by atoms with Crippen LogP contribution in [0.4, 0.5) is 5.69 Å². The smallest absolute Gasteiger partial charge is 0.271 e. The molecule has 5 heteroatoms. The van der Waals surface area contributed by atoms with E-state index < -0.39 is 0 Å². The molecule has 0 aliphatic carbocycles. The van der Waals surface area contributed by atoms with Crippen LogP contribution in [0.1, 0.15) is 26.0 Å². The molecule has 0 bridgehead atoms. The number of carbonyl (C=O) groups excluding carboxylic acids is 1. The molecule has 0 radical (unpaired) electrons. The molecule has 0 unspecified atom stereocenters. The van der Waals surface area contributed by atoms with Gasteiger partial charge in [0.2, 0.25) is 5.91 Å². The predicted molar refractivity (Wildman–Crippen MR) is 78.6 cm³/mol. The van der Waals surface area contributed by atoms with Gasteiger partial charge >= 0.3 is 0 Å². The lowest BCUT2D eigenvalue weighted by Gasteiger charge is -2.10. The molecule has 0 aromatic carbocycles. The SMILES string of the molecule is CCC(=O)Nc1cc(-c2cccnc2)c(CC)[nH]c1=O. The van der Waals surface area contributed by atoms with E-state index in [9.17, 15) is 9.59 Å². The third-order valence-corrected chi connectivity index (χ3v) is 3.04. The van der Waals surface area contributed by atoms with E-state index in [0.29, 0.717) is 12.8 Å². The number of H-pyrrole nitrogens is 1. The van der Waals surface area contributed by atoms with Crippen LogP contribution in [0.25, 0.3) is 11.1 Å². The molecule has 20 heavy (non-hydrogen) atoms. The first kappa shape index (κ1) is 14.0. The molecule has 0 saturated carbocycles. The fourth-order valence-electron chi connectivity index (χ4n) is 1.96. The second-order valence-electron chi connectivity index (χ2n) is 4.40. The predicted octanol–water partition coefficient (Wildman–Crippen LogP) is 2.35. The van der Waals surface area contributed by atoms with E-state index in [0.717, 1.165) is 16.8 Å². The maximum Gasteiger partial charge on any atom is 0.271 e. The van der Waals surface area contributed by atoms with Gasteiger partial charge in [-0.2, -0.15) is 0 Å². The zero-order valence-electron chi connectivity index (χ0n) is 11.6. The molecular weight excluding hydrogens is 254 g/mol. The highest BCUT2D eigenvalue weighted by Crippen LogP contribution is 2.23. The Bertz CT molecular complexity index is 663. The normalized spacial score (nSPS) is 10.3. The Kier molecular flexibility index (Phi) is 4.30. The van der Waals surface area contributed by atoms with Gasteiger partial charge in [0.25, 0.3) is 5.56 Å². The Morgan fingerprint density at radius 3 is 2.80 bits per heavy atom. The van der Waals surface area contributed by atoms with E-state index in [1.807, 2.05) is 19.1 Å². The average Bonchev–Trinajstić information content (AvgIpc) is 2.49. The number of aryl methyl sites for hydroxylation is 1. The number of nitrogens with zero attached hydrogens (tertiary/aromatic N) is 1. The molecule has 5 nitrogen and oxygen atoms in total. The van der Waals surface area contributed by atoms with Crippen molar-refractivity contribution in [2.45, 2.75) is 26.7 Å². The number of anilines is 1. The number of nitrogens with one attached hydrogen (secondary N) is 2. The highest BCUT2D eigenvalue weighted by atomic mass is 16.2. The third-order valence-electron chi connectivity index (χ3n) is 3.04. The van der Waals surface area contributed by atoms with Crippen LogP contribution in [0.15, 0.2) is 35.4 Å². The van der Waals surface area contributed by atoms with Crippen LogP contribution in [0.3, 0.4) is 0 Å². The van der Waals surface area contributed by atoms with Crippen LogP contribution in [0.5, 0.6) is 0 Å². The summed E-state index contributed by atoms with van der Waals surface area (Å²) in [6, 6.07) is 5.47. The zero-order chi connectivity index (χ0) is 14.5. The summed E-state index contributed by atoms with van der Waals surface area (Å²) in [6.07, 6.45) is 4.46. The lowest BCUT2D eigenvalue weighted by Crippen LogP contribution is -2.20. The summed E-state index contributed by atoms with van der Waals surface area (Å²) in [6.45, 7) is 3.71. The fraction of sp³-hybridized carbons (Fsp3) is 0.267. The quantitative estimate of drug-likeness (QED) is 0.896. The summed E-state index contributed by atoms with van der Waals surface area (Å²) in [5, 5.41) is 2.62. The van der Waals surface area contributed by atoms with Gasteiger partial charge in [-0.3, -0.25) is 14.6 Å². The van der Waals surface area contributed by atoms with Crippen LogP contribution in [0.2, 0.25) is 0 Å². The Balaban J connectivity index is 2.52. The molecule has 2 aromatic rings. The molecule has 0 atom stereocenters. The van der Waals surface area contributed by atoms with E-state index in [2.05, 4.69) is 15.3 Å². The van der Waals surface area contributed by atoms with Gasteiger partial charge in [-0.1, -0.05) is 19.9 Å². The van der Waals surface area contributed by atoms with Crippen LogP contribution in [-0.4, -0.2) is 15.9 Å². The lowest BCUT2D eigenvalue weighted by molar-refractivity contribution is -0.115. The first-order valence-corrected chi connectivity index (χ1v) is 6.62. The zero-order valence-corrected chi connectivity index (χ0v) is 11.6. The largest absolute Gasteiger partial charge is 0.324 e. The van der Waals surface area contributed by atoms with Crippen molar-refractivity contribution in [3.8, 4) is 11.1 Å². The molecule has 2 aromatic heterocycles. The highest BCUT2D eigenvalue weighted by molar-refractivity contribution is 5.91. The van der Waals surface area contributed by atoms with Gasteiger partial charge in [0.05, 0.1) is 0 Å². The van der Waals surface area contributed by atoms with Crippen molar-refractivity contribution in [1.29, 1.82) is 0 Å². The molecule has 2 rings (SSSR count). The number of pyridine rings is 2. The molecule has 0 spiro atoms. The minimum Gasteiger partial charge on any atom is -0.324 e. The van der Waals surface area contributed by atoms with Crippen molar-refractivity contribution in [1.82, 2.24) is 9.97 Å². The van der Waals surface area contributed by atoms with Gasteiger partial charge in [0, 0.05) is 35.6 Å². The topological polar surface area (TPSA) is 74.8 Å². The lowest BCUT2D eigenvalue weighted by atomic mass is 10.0. The van der Waals surface area contributed by atoms with Crippen molar-refractivity contribution < 1.29 is 4.79 Å². The minimum atomic E-state index is -0.281. The van der Waals surface area contributed by atoms with Gasteiger partial charge in [-0.05, 0) is 18.6 Å². The van der Waals surface area contributed by atoms with E-state index in [1.54, 1.807) is 25.4 Å². The maximum absolute atomic E-state index is 11.9. The Morgan fingerprint density at radius 1 is 1.40 bits per heavy atom. The van der Waals surface area contributed by atoms with E-state index >= 15 is 0 Å². The maximum atomic E-state index is 11.9. The second-order valence-corrected chi connectivity index (χ2v) is 4.40. The summed E-state index contributed by atoms with van der Waals surface area (Å²) in [7, 11) is 0. The molecular formula is C15H17N3O2. The summed E-state index contributed by atoms with van der Waals surface area (Å²) < 4.78 is 0. The second kappa shape index (κ2) is 6.14. The van der Waals surface area contributed by atoms with Gasteiger partial charge in [-0.25, -0.2) is 0 Å². The molecule has 2 heterocycles. The molecule has 1 amide bonds. The van der Waals surface area contributed by atoms with Crippen molar-refractivity contribution >= 4 is 11.6 Å². The number of amides is 1. The van der Waals surface area contributed by atoms with Crippen LogP contribution in [0, 0.1) is 0 Å².